The molecular formula is C3H6N4Na. The topological polar surface area (TPSA) is 56.7 Å². The molecule has 0 atom stereocenters. The van der Waals surface area contributed by atoms with Crippen LogP contribution in [0.5, 0.6) is 0 Å². The van der Waals surface area contributed by atoms with Gasteiger partial charge in [-0.2, -0.15) is 4.79 Å². The van der Waals surface area contributed by atoms with Crippen LogP contribution in [0.2, 0.25) is 0 Å². The quantitative estimate of drug-likeness (QED) is 0.351. The number of nitrogens with zero attached hydrogens (tertiary/aromatic N) is 3. The van der Waals surface area contributed by atoms with Crippen molar-refractivity contribution in [3.63, 3.8) is 0 Å². The van der Waals surface area contributed by atoms with E-state index in [0.717, 1.165) is 5.69 Å². The van der Waals surface area contributed by atoms with Crippen LogP contribution in [0.25, 0.3) is 0 Å². The molecule has 0 saturated carbocycles. The van der Waals surface area contributed by atoms with Gasteiger partial charge in [-0.05, 0) is 12.1 Å². The van der Waals surface area contributed by atoms with Crippen molar-refractivity contribution in [2.45, 2.75) is 6.92 Å². The van der Waals surface area contributed by atoms with Gasteiger partial charge in [0.05, 0.1) is 11.9 Å². The number of nitrogen functional groups attached to an aromatic ring is 1. The van der Waals surface area contributed by atoms with E-state index >= 15 is 0 Å². The van der Waals surface area contributed by atoms with Crippen molar-refractivity contribution in [2.24, 2.45) is 0 Å². The molecule has 0 bridgehead atoms. The first-order chi connectivity index (χ1) is 3.29. The van der Waals surface area contributed by atoms with Gasteiger partial charge < -0.3 is 5.84 Å². The normalized spacial score (nSPS) is 8.12. The van der Waals surface area contributed by atoms with E-state index in [4.69, 9.17) is 5.84 Å². The summed E-state index contributed by atoms with van der Waals surface area (Å²) in [6.07, 6.45) is 1.64. The van der Waals surface area contributed by atoms with Crippen molar-refractivity contribution in [2.75, 3.05) is 5.84 Å². The number of aryl methyl sites for hydroxylation is 1. The molecule has 0 unspecified atom stereocenters. The summed E-state index contributed by atoms with van der Waals surface area (Å²) in [5.74, 6) is 5.12. The van der Waals surface area contributed by atoms with Crippen molar-refractivity contribution in [3.8, 4) is 0 Å². The van der Waals surface area contributed by atoms with Gasteiger partial charge in [-0.1, -0.05) is 0 Å². The van der Waals surface area contributed by atoms with E-state index in [2.05, 4.69) is 10.3 Å². The van der Waals surface area contributed by atoms with Gasteiger partial charge in [0.25, 0.3) is 0 Å². The Kier molecular flexibility index (Phi) is 3.04. The molecule has 39 valence electrons. The number of aromatic nitrogens is 3. The second-order valence-corrected chi connectivity index (χ2v) is 1.34. The smallest absolute Gasteiger partial charge is 0.0818 e. The minimum Gasteiger partial charge on any atom is -0.322 e. The summed E-state index contributed by atoms with van der Waals surface area (Å²) in [5.41, 5.74) is 0.836. The fourth-order valence-electron chi connectivity index (χ4n) is 0.365. The third-order valence-corrected chi connectivity index (χ3v) is 0.625. The van der Waals surface area contributed by atoms with Crippen molar-refractivity contribution in [3.05, 3.63) is 11.9 Å². The molecule has 0 aliphatic carbocycles. The Bertz CT molecular complexity index is 144. The summed E-state index contributed by atoms with van der Waals surface area (Å²) in [6.45, 7) is 1.83. The molecule has 4 nitrogen and oxygen atoms in total. The molecular weight excluding hydrogens is 115 g/mol. The molecule has 5 heteroatoms. The number of hydrogen-bond acceptors (Lipinski definition) is 3. The van der Waals surface area contributed by atoms with Crippen LogP contribution in [0.1, 0.15) is 5.69 Å². The van der Waals surface area contributed by atoms with E-state index in [-0.39, 0.29) is 29.6 Å². The molecule has 2 N–H and O–H groups in total. The van der Waals surface area contributed by atoms with Gasteiger partial charge in [-0.3, -0.25) is 0 Å². The Morgan fingerprint density at radius 2 is 2.38 bits per heavy atom. The Labute approximate surface area is 69.3 Å². The summed E-state index contributed by atoms with van der Waals surface area (Å²) in [4.78, 5) is 1.18. The maximum Gasteiger partial charge on any atom is 0.0818 e. The van der Waals surface area contributed by atoms with Crippen molar-refractivity contribution in [1.29, 1.82) is 0 Å². The summed E-state index contributed by atoms with van der Waals surface area (Å²) in [6, 6.07) is 0. The maximum atomic E-state index is 5.12. The SMILES string of the molecule is Cc1cn(N)nn1.[Na]. The fraction of sp³-hybridized carbons (Fsp3) is 0.333. The molecule has 1 heterocycles. The minimum atomic E-state index is 0. The van der Waals surface area contributed by atoms with Gasteiger partial charge in [-0.15, -0.1) is 5.10 Å². The third kappa shape index (κ3) is 1.81. The molecule has 0 aliphatic rings. The molecule has 0 fully saturated rings. The van der Waals surface area contributed by atoms with Gasteiger partial charge in [-0.25, -0.2) is 0 Å². The van der Waals surface area contributed by atoms with Crippen LogP contribution in [0, 0.1) is 6.92 Å². The number of nitrogens with two attached hydrogens (primary N) is 1. The Morgan fingerprint density at radius 1 is 1.75 bits per heavy atom. The third-order valence-electron chi connectivity index (χ3n) is 0.625. The number of rotatable bonds is 0. The Balaban J connectivity index is 0.000000490. The molecule has 1 rings (SSSR count). The Morgan fingerprint density at radius 3 is 2.50 bits per heavy atom. The van der Waals surface area contributed by atoms with Crippen LogP contribution in [0.4, 0.5) is 0 Å². The standard InChI is InChI=1S/C3H6N4.Na/c1-3-2-7(4)6-5-3;/h2H,4H2,1H3;. The van der Waals surface area contributed by atoms with Crippen molar-refractivity contribution in [1.82, 2.24) is 15.1 Å². The van der Waals surface area contributed by atoms with Crippen LogP contribution in [0.15, 0.2) is 6.20 Å². The zero-order valence-electron chi connectivity index (χ0n) is 5.00. The predicted molar refractivity (Wildman–Crippen MR) is 30.7 cm³/mol. The summed E-state index contributed by atoms with van der Waals surface area (Å²) < 4.78 is 0. The minimum absolute atomic E-state index is 0. The van der Waals surface area contributed by atoms with E-state index in [9.17, 15) is 0 Å². The average molecular weight is 121 g/mol. The van der Waals surface area contributed by atoms with Crippen molar-refractivity contribution >= 4 is 29.6 Å². The van der Waals surface area contributed by atoms with Crippen LogP contribution in [-0.2, 0) is 0 Å². The second-order valence-electron chi connectivity index (χ2n) is 1.34. The second kappa shape index (κ2) is 3.06. The van der Waals surface area contributed by atoms with E-state index in [0.29, 0.717) is 0 Å². The summed E-state index contributed by atoms with van der Waals surface area (Å²) in [7, 11) is 0. The first-order valence-corrected chi connectivity index (χ1v) is 1.93. The fourth-order valence-corrected chi connectivity index (χ4v) is 0.365. The average Bonchev–Trinajstić information content (AvgIpc) is 1.87. The van der Waals surface area contributed by atoms with Gasteiger partial charge in [0.1, 0.15) is 0 Å². The molecule has 1 radical (unpaired) electrons. The molecule has 1 aromatic rings. The first kappa shape index (κ1) is 7.94. The van der Waals surface area contributed by atoms with Crippen LogP contribution >= 0.6 is 0 Å². The van der Waals surface area contributed by atoms with E-state index in [1.165, 1.54) is 4.79 Å². The first-order valence-electron chi connectivity index (χ1n) is 1.93. The van der Waals surface area contributed by atoms with Crippen LogP contribution in [-0.4, -0.2) is 44.7 Å². The van der Waals surface area contributed by atoms with Gasteiger partial charge in [0, 0.05) is 29.6 Å². The monoisotopic (exact) mass is 121 g/mol. The molecule has 1 aromatic heterocycles. The molecule has 0 amide bonds. The van der Waals surface area contributed by atoms with Gasteiger partial charge in [0.15, 0.2) is 0 Å². The molecule has 0 spiro atoms. The predicted octanol–water partition coefficient (Wildman–Crippen LogP) is -1.08. The van der Waals surface area contributed by atoms with E-state index < -0.39 is 0 Å². The zero-order chi connectivity index (χ0) is 5.28. The number of hydrogen-bond donors (Lipinski definition) is 1. The molecule has 8 heavy (non-hydrogen) atoms. The van der Waals surface area contributed by atoms with E-state index in [1.54, 1.807) is 6.20 Å². The van der Waals surface area contributed by atoms with Crippen molar-refractivity contribution < 1.29 is 0 Å². The van der Waals surface area contributed by atoms with Gasteiger partial charge in [0.2, 0.25) is 0 Å². The van der Waals surface area contributed by atoms with Gasteiger partial charge >= 0.3 is 0 Å². The molecule has 0 saturated heterocycles. The maximum absolute atomic E-state index is 5.12. The van der Waals surface area contributed by atoms with Crippen LogP contribution < -0.4 is 5.84 Å². The molecule has 0 aliphatic heterocycles. The Hall–Kier alpha value is -0.0600. The van der Waals surface area contributed by atoms with Crippen LogP contribution in [0.3, 0.4) is 0 Å². The summed E-state index contributed by atoms with van der Waals surface area (Å²) in [5, 5.41) is 7.06. The summed E-state index contributed by atoms with van der Waals surface area (Å²) >= 11 is 0. The largest absolute Gasteiger partial charge is 0.322 e. The van der Waals surface area contributed by atoms with E-state index in [1.807, 2.05) is 6.92 Å². The molecule has 0 aromatic carbocycles. The zero-order valence-corrected chi connectivity index (χ0v) is 7.00.